The maximum atomic E-state index is 13.0. The van der Waals surface area contributed by atoms with E-state index in [4.69, 9.17) is 4.74 Å². The van der Waals surface area contributed by atoms with Gasteiger partial charge in [0, 0.05) is 18.2 Å². The van der Waals surface area contributed by atoms with Gasteiger partial charge in [0.05, 0.1) is 6.61 Å². The van der Waals surface area contributed by atoms with Crippen molar-refractivity contribution in [2.75, 3.05) is 31.6 Å². The van der Waals surface area contributed by atoms with Crippen molar-refractivity contribution in [3.8, 4) is 5.75 Å². The average molecular weight is 413 g/mol. The molecule has 2 N–H and O–H groups in total. The molecule has 0 atom stereocenters. The van der Waals surface area contributed by atoms with E-state index in [-0.39, 0.29) is 17.6 Å². The third kappa shape index (κ3) is 6.56. The number of likely N-dealkylation sites (tertiary alicyclic amines) is 1. The fraction of sp³-hybridized carbons (Fsp3) is 0.391. The summed E-state index contributed by atoms with van der Waals surface area (Å²) in [5, 5.41) is 5.11. The number of piperidine rings is 1. The third-order valence-electron chi connectivity index (χ3n) is 5.25. The minimum absolute atomic E-state index is 0.168. The van der Waals surface area contributed by atoms with Crippen molar-refractivity contribution in [3.05, 3.63) is 59.9 Å². The van der Waals surface area contributed by atoms with Crippen LogP contribution in [0.1, 0.15) is 25.3 Å². The molecule has 2 aromatic carbocycles. The van der Waals surface area contributed by atoms with E-state index in [0.29, 0.717) is 25.1 Å². The maximum Gasteiger partial charge on any atom is 0.325 e. The van der Waals surface area contributed by atoms with Crippen molar-refractivity contribution in [1.29, 1.82) is 0 Å². The second-order valence-corrected chi connectivity index (χ2v) is 7.39. The molecule has 1 aliphatic rings. The summed E-state index contributed by atoms with van der Waals surface area (Å²) in [6, 6.07) is 13.0. The van der Waals surface area contributed by atoms with Gasteiger partial charge in [-0.15, -0.1) is 0 Å². The first kappa shape index (κ1) is 21.8. The lowest BCUT2D eigenvalue weighted by Crippen LogP contribution is -2.44. The van der Waals surface area contributed by atoms with Gasteiger partial charge in [-0.05, 0) is 81.2 Å². The number of benzene rings is 2. The van der Waals surface area contributed by atoms with Gasteiger partial charge in [0.15, 0.2) is 0 Å². The summed E-state index contributed by atoms with van der Waals surface area (Å²) in [6.45, 7) is 4.96. The number of nitrogens with one attached hydrogen (secondary N) is 2. The van der Waals surface area contributed by atoms with Crippen molar-refractivity contribution >= 4 is 17.6 Å². The van der Waals surface area contributed by atoms with E-state index in [1.165, 1.54) is 12.1 Å². The van der Waals surface area contributed by atoms with Gasteiger partial charge in [0.1, 0.15) is 11.6 Å². The van der Waals surface area contributed by atoms with E-state index >= 15 is 0 Å². The fourth-order valence-electron chi connectivity index (χ4n) is 3.53. The molecule has 0 aliphatic carbocycles. The van der Waals surface area contributed by atoms with Crippen molar-refractivity contribution < 1.29 is 18.7 Å². The van der Waals surface area contributed by atoms with Crippen LogP contribution in [-0.4, -0.2) is 43.1 Å². The van der Waals surface area contributed by atoms with Crippen LogP contribution in [0.15, 0.2) is 48.5 Å². The highest BCUT2D eigenvalue weighted by Crippen LogP contribution is 2.19. The summed E-state index contributed by atoms with van der Waals surface area (Å²) in [4.78, 5) is 26.8. The predicted octanol–water partition coefficient (Wildman–Crippen LogP) is 3.83. The van der Waals surface area contributed by atoms with E-state index in [1.54, 1.807) is 36.4 Å². The molecule has 0 radical (unpaired) electrons. The Bertz CT molecular complexity index is 832. The van der Waals surface area contributed by atoms with Crippen molar-refractivity contribution in [2.45, 2.75) is 26.2 Å². The van der Waals surface area contributed by atoms with Crippen molar-refractivity contribution in [3.63, 3.8) is 0 Å². The molecule has 2 aromatic rings. The van der Waals surface area contributed by atoms with Gasteiger partial charge in [-0.1, -0.05) is 12.1 Å². The first-order valence-corrected chi connectivity index (χ1v) is 10.3. The Morgan fingerprint density at radius 1 is 1.07 bits per heavy atom. The molecule has 6 nitrogen and oxygen atoms in total. The molecule has 160 valence electrons. The molecule has 1 saturated heterocycles. The molecule has 3 amide bonds. The van der Waals surface area contributed by atoms with Crippen LogP contribution in [0.2, 0.25) is 0 Å². The Morgan fingerprint density at radius 3 is 2.37 bits per heavy atom. The summed E-state index contributed by atoms with van der Waals surface area (Å²) >= 11 is 0. The minimum Gasteiger partial charge on any atom is -0.494 e. The zero-order valence-electron chi connectivity index (χ0n) is 17.2. The lowest BCUT2D eigenvalue weighted by atomic mass is 9.95. The smallest absolute Gasteiger partial charge is 0.325 e. The molecule has 7 heteroatoms. The van der Waals surface area contributed by atoms with Gasteiger partial charge in [-0.3, -0.25) is 10.1 Å². The van der Waals surface area contributed by atoms with Crippen molar-refractivity contribution in [1.82, 2.24) is 10.2 Å². The Morgan fingerprint density at radius 2 is 1.73 bits per heavy atom. The molecule has 0 unspecified atom stereocenters. The topological polar surface area (TPSA) is 70.7 Å². The molecule has 1 heterocycles. The van der Waals surface area contributed by atoms with E-state index in [2.05, 4.69) is 15.5 Å². The molecule has 0 bridgehead atoms. The molecule has 1 fully saturated rings. The van der Waals surface area contributed by atoms with Gasteiger partial charge >= 0.3 is 6.03 Å². The average Bonchev–Trinajstić information content (AvgIpc) is 2.75. The number of hydrogen-bond donors (Lipinski definition) is 2. The highest BCUT2D eigenvalue weighted by Gasteiger charge is 2.26. The number of halogens is 1. The largest absolute Gasteiger partial charge is 0.494 e. The number of imide groups is 1. The quantitative estimate of drug-likeness (QED) is 0.724. The zero-order chi connectivity index (χ0) is 21.3. The normalized spacial score (nSPS) is 14.9. The molecule has 1 aliphatic heterocycles. The van der Waals surface area contributed by atoms with Crippen molar-refractivity contribution in [2.24, 2.45) is 5.92 Å². The van der Waals surface area contributed by atoms with E-state index < -0.39 is 6.03 Å². The second-order valence-electron chi connectivity index (χ2n) is 7.39. The lowest BCUT2D eigenvalue weighted by molar-refractivity contribution is -0.125. The number of amides is 3. The standard InChI is InChI=1S/C23H28FN3O3/c1-2-30-21-9-7-20(8-10-21)25-23(29)26-22(28)18-12-15-27(16-13-18)14-11-17-3-5-19(24)6-4-17/h3-10,18H,2,11-16H2,1H3,(H2,25,26,28,29). The summed E-state index contributed by atoms with van der Waals surface area (Å²) in [5.74, 6) is 0.0950. The predicted molar refractivity (Wildman–Crippen MR) is 114 cm³/mol. The molecule has 0 aromatic heterocycles. The first-order valence-electron chi connectivity index (χ1n) is 10.3. The van der Waals surface area contributed by atoms with E-state index in [0.717, 1.165) is 37.4 Å². The van der Waals surface area contributed by atoms with E-state index in [9.17, 15) is 14.0 Å². The summed E-state index contributed by atoms with van der Waals surface area (Å²) in [5.41, 5.74) is 1.70. The summed E-state index contributed by atoms with van der Waals surface area (Å²) in [6.07, 6.45) is 2.28. The zero-order valence-corrected chi connectivity index (χ0v) is 17.2. The summed E-state index contributed by atoms with van der Waals surface area (Å²) in [7, 11) is 0. The monoisotopic (exact) mass is 413 g/mol. The fourth-order valence-corrected chi connectivity index (χ4v) is 3.53. The Kier molecular flexibility index (Phi) is 7.79. The molecule has 3 rings (SSSR count). The van der Waals surface area contributed by atoms with E-state index in [1.807, 2.05) is 6.92 Å². The lowest BCUT2D eigenvalue weighted by Gasteiger charge is -2.31. The minimum atomic E-state index is -0.525. The second kappa shape index (κ2) is 10.7. The van der Waals surface area contributed by atoms with Crippen LogP contribution in [-0.2, 0) is 11.2 Å². The third-order valence-corrected chi connectivity index (χ3v) is 5.25. The van der Waals surface area contributed by atoms with Crippen LogP contribution in [0.25, 0.3) is 0 Å². The molecule has 0 saturated carbocycles. The number of carbonyl (C=O) groups is 2. The molecular formula is C23H28FN3O3. The number of rotatable bonds is 7. The van der Waals surface area contributed by atoms with Crippen LogP contribution < -0.4 is 15.4 Å². The van der Waals surface area contributed by atoms with Crippen LogP contribution in [0.5, 0.6) is 5.75 Å². The van der Waals surface area contributed by atoms with Crippen LogP contribution in [0.3, 0.4) is 0 Å². The number of urea groups is 1. The molecule has 30 heavy (non-hydrogen) atoms. The van der Waals surface area contributed by atoms with Gasteiger partial charge < -0.3 is 15.0 Å². The highest BCUT2D eigenvalue weighted by molar-refractivity contribution is 6.01. The first-order chi connectivity index (χ1) is 14.5. The maximum absolute atomic E-state index is 13.0. The highest BCUT2D eigenvalue weighted by atomic mass is 19.1. The van der Waals surface area contributed by atoms with Gasteiger partial charge in [0.25, 0.3) is 0 Å². The van der Waals surface area contributed by atoms with Gasteiger partial charge in [-0.25, -0.2) is 9.18 Å². The molecular weight excluding hydrogens is 385 g/mol. The van der Waals surface area contributed by atoms with Gasteiger partial charge in [-0.2, -0.15) is 0 Å². The number of hydrogen-bond acceptors (Lipinski definition) is 4. The summed E-state index contributed by atoms with van der Waals surface area (Å²) < 4.78 is 18.3. The Hall–Kier alpha value is -2.93. The number of nitrogens with zero attached hydrogens (tertiary/aromatic N) is 1. The Balaban J connectivity index is 1.38. The molecule has 0 spiro atoms. The van der Waals surface area contributed by atoms with Crippen LogP contribution in [0, 0.1) is 11.7 Å². The van der Waals surface area contributed by atoms with Crippen LogP contribution in [0.4, 0.5) is 14.9 Å². The van der Waals surface area contributed by atoms with Crippen LogP contribution >= 0.6 is 0 Å². The number of anilines is 1. The van der Waals surface area contributed by atoms with Gasteiger partial charge in [0.2, 0.25) is 5.91 Å². The SMILES string of the molecule is CCOc1ccc(NC(=O)NC(=O)C2CCN(CCc3ccc(F)cc3)CC2)cc1. The number of carbonyl (C=O) groups excluding carboxylic acids is 2. The number of ether oxygens (including phenoxy) is 1. The Labute approximate surface area is 176 Å².